The van der Waals surface area contributed by atoms with Gasteiger partial charge in [-0.05, 0) is 25.3 Å². The molecule has 0 bridgehead atoms. The van der Waals surface area contributed by atoms with Gasteiger partial charge in [-0.1, -0.05) is 43.7 Å². The SMILES string of the molecule is Cc1ccc(C(C)N(C)C(=O)CC(C)C)cc1. The minimum Gasteiger partial charge on any atom is -0.339 e. The van der Waals surface area contributed by atoms with Crippen molar-refractivity contribution in [1.82, 2.24) is 4.90 Å². The molecule has 94 valence electrons. The maximum absolute atomic E-state index is 12.0. The predicted molar refractivity (Wildman–Crippen MR) is 71.8 cm³/mol. The Kier molecular flexibility index (Phi) is 4.73. The van der Waals surface area contributed by atoms with Crippen molar-refractivity contribution in [2.24, 2.45) is 5.92 Å². The fourth-order valence-corrected chi connectivity index (χ4v) is 1.78. The van der Waals surface area contributed by atoms with E-state index >= 15 is 0 Å². The first kappa shape index (κ1) is 13.8. The van der Waals surface area contributed by atoms with Gasteiger partial charge >= 0.3 is 0 Å². The molecule has 1 aromatic carbocycles. The van der Waals surface area contributed by atoms with Gasteiger partial charge in [-0.25, -0.2) is 0 Å². The topological polar surface area (TPSA) is 20.3 Å². The number of hydrogen-bond donors (Lipinski definition) is 0. The zero-order valence-electron chi connectivity index (χ0n) is 11.5. The summed E-state index contributed by atoms with van der Waals surface area (Å²) in [5, 5.41) is 0. The van der Waals surface area contributed by atoms with Crippen LogP contribution in [0.2, 0.25) is 0 Å². The maximum atomic E-state index is 12.0. The second kappa shape index (κ2) is 5.85. The van der Waals surface area contributed by atoms with Crippen LogP contribution < -0.4 is 0 Å². The Labute approximate surface area is 105 Å². The van der Waals surface area contributed by atoms with Crippen LogP contribution in [0.25, 0.3) is 0 Å². The molecule has 0 aliphatic heterocycles. The molecule has 0 saturated carbocycles. The first-order chi connectivity index (χ1) is 7.91. The van der Waals surface area contributed by atoms with Crippen LogP contribution in [0.1, 0.15) is 44.4 Å². The lowest BCUT2D eigenvalue weighted by molar-refractivity contribution is -0.132. The van der Waals surface area contributed by atoms with Crippen LogP contribution >= 0.6 is 0 Å². The van der Waals surface area contributed by atoms with Crippen molar-refractivity contribution in [3.63, 3.8) is 0 Å². The summed E-state index contributed by atoms with van der Waals surface area (Å²) in [4.78, 5) is 13.8. The van der Waals surface area contributed by atoms with E-state index in [4.69, 9.17) is 0 Å². The summed E-state index contributed by atoms with van der Waals surface area (Å²) in [6, 6.07) is 8.51. The lowest BCUT2D eigenvalue weighted by Crippen LogP contribution is -2.30. The van der Waals surface area contributed by atoms with Gasteiger partial charge in [-0.15, -0.1) is 0 Å². The second-order valence-electron chi connectivity index (χ2n) is 5.19. The number of hydrogen-bond acceptors (Lipinski definition) is 1. The third kappa shape index (κ3) is 3.88. The van der Waals surface area contributed by atoms with E-state index in [9.17, 15) is 4.79 Å². The van der Waals surface area contributed by atoms with E-state index in [-0.39, 0.29) is 11.9 Å². The molecule has 1 atom stereocenters. The highest BCUT2D eigenvalue weighted by Gasteiger charge is 2.17. The molecule has 1 aromatic rings. The van der Waals surface area contributed by atoms with Crippen molar-refractivity contribution in [1.29, 1.82) is 0 Å². The fourth-order valence-electron chi connectivity index (χ4n) is 1.78. The van der Waals surface area contributed by atoms with E-state index in [2.05, 4.69) is 52.0 Å². The molecule has 0 fully saturated rings. The summed E-state index contributed by atoms with van der Waals surface area (Å²) in [6.45, 7) is 8.29. The molecule has 0 aliphatic rings. The van der Waals surface area contributed by atoms with Crippen molar-refractivity contribution in [2.75, 3.05) is 7.05 Å². The first-order valence-electron chi connectivity index (χ1n) is 6.24. The molecule has 2 heteroatoms. The number of nitrogens with zero attached hydrogens (tertiary/aromatic N) is 1. The average Bonchev–Trinajstić information content (AvgIpc) is 2.27. The van der Waals surface area contributed by atoms with Gasteiger partial charge in [0.2, 0.25) is 5.91 Å². The predicted octanol–water partition coefficient (Wildman–Crippen LogP) is 3.56. The average molecular weight is 233 g/mol. The van der Waals surface area contributed by atoms with Crippen molar-refractivity contribution in [2.45, 2.75) is 40.2 Å². The third-order valence-electron chi connectivity index (χ3n) is 3.12. The summed E-state index contributed by atoms with van der Waals surface area (Å²) < 4.78 is 0. The van der Waals surface area contributed by atoms with Gasteiger partial charge in [0.1, 0.15) is 0 Å². The molecule has 17 heavy (non-hydrogen) atoms. The van der Waals surface area contributed by atoms with Crippen LogP contribution in [0, 0.1) is 12.8 Å². The van der Waals surface area contributed by atoms with Gasteiger partial charge in [0.15, 0.2) is 0 Å². The monoisotopic (exact) mass is 233 g/mol. The molecule has 0 N–H and O–H groups in total. The van der Waals surface area contributed by atoms with Crippen LogP contribution in [0.3, 0.4) is 0 Å². The van der Waals surface area contributed by atoms with E-state index in [0.29, 0.717) is 12.3 Å². The van der Waals surface area contributed by atoms with Gasteiger partial charge in [0.25, 0.3) is 0 Å². The molecular formula is C15H23NO. The smallest absolute Gasteiger partial charge is 0.223 e. The lowest BCUT2D eigenvalue weighted by Gasteiger charge is -2.26. The molecule has 2 nitrogen and oxygen atoms in total. The Bertz CT molecular complexity index is 367. The molecule has 1 amide bonds. The van der Waals surface area contributed by atoms with Gasteiger partial charge in [-0.2, -0.15) is 0 Å². The minimum atomic E-state index is 0.141. The molecule has 0 aromatic heterocycles. The molecule has 0 aliphatic carbocycles. The summed E-state index contributed by atoms with van der Waals surface area (Å²) in [6.07, 6.45) is 0.618. The Hall–Kier alpha value is -1.31. The number of aryl methyl sites for hydroxylation is 1. The number of carbonyl (C=O) groups excluding carboxylic acids is 1. The standard InChI is InChI=1S/C15H23NO/c1-11(2)10-15(17)16(5)13(4)14-8-6-12(3)7-9-14/h6-9,11,13H,10H2,1-5H3. The quantitative estimate of drug-likeness (QED) is 0.778. The Morgan fingerprint density at radius 1 is 1.18 bits per heavy atom. The van der Waals surface area contributed by atoms with E-state index < -0.39 is 0 Å². The van der Waals surface area contributed by atoms with E-state index in [1.54, 1.807) is 0 Å². The van der Waals surface area contributed by atoms with Gasteiger partial charge in [-0.3, -0.25) is 4.79 Å². The Balaban J connectivity index is 2.72. The molecule has 1 unspecified atom stereocenters. The number of amides is 1. The lowest BCUT2D eigenvalue weighted by atomic mass is 10.0. The van der Waals surface area contributed by atoms with Crippen molar-refractivity contribution in [3.8, 4) is 0 Å². The molecular weight excluding hydrogens is 210 g/mol. The molecule has 0 radical (unpaired) electrons. The van der Waals surface area contributed by atoms with Crippen LogP contribution in [-0.2, 0) is 4.79 Å². The minimum absolute atomic E-state index is 0.141. The number of rotatable bonds is 4. The molecule has 1 rings (SSSR count). The number of benzene rings is 1. The number of carbonyl (C=O) groups is 1. The van der Waals surface area contributed by atoms with Crippen LogP contribution in [0.5, 0.6) is 0 Å². The highest BCUT2D eigenvalue weighted by Crippen LogP contribution is 2.20. The molecule has 0 spiro atoms. The highest BCUT2D eigenvalue weighted by molar-refractivity contribution is 5.76. The Morgan fingerprint density at radius 2 is 1.71 bits per heavy atom. The first-order valence-corrected chi connectivity index (χ1v) is 6.24. The van der Waals surface area contributed by atoms with Crippen LogP contribution in [0.4, 0.5) is 0 Å². The zero-order chi connectivity index (χ0) is 13.0. The largest absolute Gasteiger partial charge is 0.339 e. The van der Waals surface area contributed by atoms with Crippen molar-refractivity contribution in [3.05, 3.63) is 35.4 Å². The normalized spacial score (nSPS) is 12.6. The highest BCUT2D eigenvalue weighted by atomic mass is 16.2. The van der Waals surface area contributed by atoms with E-state index in [0.717, 1.165) is 0 Å². The second-order valence-corrected chi connectivity index (χ2v) is 5.19. The van der Waals surface area contributed by atoms with Gasteiger partial charge in [0, 0.05) is 13.5 Å². The molecule has 0 saturated heterocycles. The van der Waals surface area contributed by atoms with E-state index in [1.807, 2.05) is 11.9 Å². The van der Waals surface area contributed by atoms with Gasteiger partial charge in [0.05, 0.1) is 6.04 Å². The van der Waals surface area contributed by atoms with Crippen molar-refractivity contribution < 1.29 is 4.79 Å². The molecule has 0 heterocycles. The van der Waals surface area contributed by atoms with Crippen LogP contribution in [-0.4, -0.2) is 17.9 Å². The summed E-state index contributed by atoms with van der Waals surface area (Å²) in [5.74, 6) is 0.628. The van der Waals surface area contributed by atoms with Crippen LogP contribution in [0.15, 0.2) is 24.3 Å². The maximum Gasteiger partial charge on any atom is 0.223 e. The summed E-state index contributed by atoms with van der Waals surface area (Å²) in [7, 11) is 1.88. The van der Waals surface area contributed by atoms with E-state index in [1.165, 1.54) is 11.1 Å². The van der Waals surface area contributed by atoms with Crippen molar-refractivity contribution >= 4 is 5.91 Å². The fraction of sp³-hybridized carbons (Fsp3) is 0.533. The zero-order valence-corrected chi connectivity index (χ0v) is 11.5. The van der Waals surface area contributed by atoms with Gasteiger partial charge < -0.3 is 4.90 Å². The third-order valence-corrected chi connectivity index (χ3v) is 3.12. The Morgan fingerprint density at radius 3 is 2.18 bits per heavy atom. The summed E-state index contributed by atoms with van der Waals surface area (Å²) >= 11 is 0. The summed E-state index contributed by atoms with van der Waals surface area (Å²) in [5.41, 5.74) is 2.44.